The van der Waals surface area contributed by atoms with Gasteiger partial charge in [-0.3, -0.25) is 0 Å². The molecule has 1 unspecified atom stereocenters. The Balaban J connectivity index is 1.63. The second kappa shape index (κ2) is 6.21. The van der Waals surface area contributed by atoms with E-state index in [0.717, 1.165) is 19.3 Å². The molecule has 1 atom stereocenters. The van der Waals surface area contributed by atoms with Crippen molar-refractivity contribution in [3.63, 3.8) is 0 Å². The predicted octanol–water partition coefficient (Wildman–Crippen LogP) is 4.44. The van der Waals surface area contributed by atoms with E-state index in [2.05, 4.69) is 60.0 Å². The van der Waals surface area contributed by atoms with Crippen LogP contribution in [0.25, 0.3) is 10.8 Å². The van der Waals surface area contributed by atoms with Crippen LogP contribution in [-0.2, 0) is 12.8 Å². The maximum atomic E-state index is 10.2. The molecule has 0 bridgehead atoms. The van der Waals surface area contributed by atoms with Crippen molar-refractivity contribution >= 4 is 22.1 Å². The zero-order valence-electron chi connectivity index (χ0n) is 11.3. The van der Waals surface area contributed by atoms with Gasteiger partial charge >= 0.3 is 0 Å². The topological polar surface area (TPSA) is 20.2 Å². The van der Waals surface area contributed by atoms with E-state index in [1.165, 1.54) is 21.2 Å². The fraction of sp³-hybridized carbons (Fsp3) is 0.222. The van der Waals surface area contributed by atoms with E-state index < -0.39 is 0 Å². The van der Waals surface area contributed by atoms with E-state index in [1.54, 1.807) is 11.3 Å². The smallest absolute Gasteiger partial charge is 0.0584 e. The molecule has 0 saturated heterocycles. The van der Waals surface area contributed by atoms with Crippen molar-refractivity contribution in [2.45, 2.75) is 25.4 Å². The van der Waals surface area contributed by atoms with Crippen molar-refractivity contribution in [2.75, 3.05) is 0 Å². The molecule has 0 saturated carbocycles. The van der Waals surface area contributed by atoms with E-state index in [-0.39, 0.29) is 6.10 Å². The van der Waals surface area contributed by atoms with Crippen LogP contribution in [0.15, 0.2) is 60.0 Å². The number of thiophene rings is 1. The maximum Gasteiger partial charge on any atom is 0.0584 e. The summed E-state index contributed by atoms with van der Waals surface area (Å²) in [5.41, 5.74) is 1.21. The fourth-order valence-corrected chi connectivity index (χ4v) is 3.23. The molecule has 2 aromatic carbocycles. The molecule has 1 aromatic heterocycles. The molecule has 102 valence electrons. The van der Waals surface area contributed by atoms with Crippen LogP contribution in [0.2, 0.25) is 0 Å². The SMILES string of the molecule is OC(CCc1cccs1)Cc1ccc2ccccc2c1. The summed E-state index contributed by atoms with van der Waals surface area (Å²) >= 11 is 1.76. The van der Waals surface area contributed by atoms with Crippen LogP contribution in [-0.4, -0.2) is 11.2 Å². The number of aryl methyl sites for hydroxylation is 1. The molecule has 1 N–H and O–H groups in total. The van der Waals surface area contributed by atoms with Crippen molar-refractivity contribution in [3.05, 3.63) is 70.4 Å². The molecule has 0 spiro atoms. The van der Waals surface area contributed by atoms with Gasteiger partial charge in [-0.25, -0.2) is 0 Å². The Hall–Kier alpha value is -1.64. The number of fused-ring (bicyclic) bond motifs is 1. The molecule has 3 rings (SSSR count). The first kappa shape index (κ1) is 13.3. The van der Waals surface area contributed by atoms with Crippen LogP contribution in [0.5, 0.6) is 0 Å². The van der Waals surface area contributed by atoms with Gasteiger partial charge in [-0.05, 0) is 47.0 Å². The molecule has 20 heavy (non-hydrogen) atoms. The number of aliphatic hydroxyl groups is 1. The van der Waals surface area contributed by atoms with Gasteiger partial charge in [0, 0.05) is 4.88 Å². The summed E-state index contributed by atoms with van der Waals surface area (Å²) in [5, 5.41) is 14.8. The molecule has 3 aromatic rings. The third-order valence-corrected chi connectivity index (χ3v) is 4.53. The van der Waals surface area contributed by atoms with Crippen molar-refractivity contribution in [1.29, 1.82) is 0 Å². The summed E-state index contributed by atoms with van der Waals surface area (Å²) in [5.74, 6) is 0. The second-order valence-electron chi connectivity index (χ2n) is 5.16. The van der Waals surface area contributed by atoms with Crippen molar-refractivity contribution in [1.82, 2.24) is 0 Å². The van der Waals surface area contributed by atoms with Gasteiger partial charge in [-0.1, -0.05) is 48.5 Å². The highest BCUT2D eigenvalue weighted by Crippen LogP contribution is 2.18. The fourth-order valence-electron chi connectivity index (χ4n) is 2.50. The summed E-state index contributed by atoms with van der Waals surface area (Å²) in [7, 11) is 0. The predicted molar refractivity (Wildman–Crippen MR) is 86.3 cm³/mol. The lowest BCUT2D eigenvalue weighted by Crippen LogP contribution is -2.11. The highest BCUT2D eigenvalue weighted by molar-refractivity contribution is 7.09. The van der Waals surface area contributed by atoms with E-state index in [1.807, 2.05) is 0 Å². The van der Waals surface area contributed by atoms with Gasteiger partial charge in [0.2, 0.25) is 0 Å². The zero-order valence-corrected chi connectivity index (χ0v) is 12.1. The van der Waals surface area contributed by atoms with Crippen LogP contribution in [0.4, 0.5) is 0 Å². The third kappa shape index (κ3) is 3.27. The minimum absolute atomic E-state index is 0.265. The minimum atomic E-state index is -0.265. The van der Waals surface area contributed by atoms with Crippen LogP contribution in [0.3, 0.4) is 0 Å². The molecule has 0 aliphatic rings. The summed E-state index contributed by atoms with van der Waals surface area (Å²) in [6.07, 6.45) is 2.26. The minimum Gasteiger partial charge on any atom is -0.393 e. The van der Waals surface area contributed by atoms with Gasteiger partial charge in [0.25, 0.3) is 0 Å². The second-order valence-corrected chi connectivity index (χ2v) is 6.19. The molecule has 0 fully saturated rings. The van der Waals surface area contributed by atoms with Gasteiger partial charge in [-0.15, -0.1) is 11.3 Å². The molecular weight excluding hydrogens is 264 g/mol. The van der Waals surface area contributed by atoms with Gasteiger partial charge in [0.1, 0.15) is 0 Å². The van der Waals surface area contributed by atoms with E-state index in [9.17, 15) is 5.11 Å². The van der Waals surface area contributed by atoms with Crippen LogP contribution in [0, 0.1) is 0 Å². The number of hydrogen-bond donors (Lipinski definition) is 1. The van der Waals surface area contributed by atoms with Crippen molar-refractivity contribution < 1.29 is 5.11 Å². The Bertz CT molecular complexity index is 673. The van der Waals surface area contributed by atoms with Crippen LogP contribution >= 0.6 is 11.3 Å². The summed E-state index contributed by atoms with van der Waals surface area (Å²) < 4.78 is 0. The largest absolute Gasteiger partial charge is 0.393 e. The molecule has 0 amide bonds. The lowest BCUT2D eigenvalue weighted by molar-refractivity contribution is 0.165. The van der Waals surface area contributed by atoms with Crippen molar-refractivity contribution in [2.24, 2.45) is 0 Å². The Morgan fingerprint density at radius 3 is 2.60 bits per heavy atom. The van der Waals surface area contributed by atoms with E-state index in [4.69, 9.17) is 0 Å². The number of aliphatic hydroxyl groups excluding tert-OH is 1. The summed E-state index contributed by atoms with van der Waals surface area (Å²) in [6.45, 7) is 0. The third-order valence-electron chi connectivity index (χ3n) is 3.59. The molecule has 0 radical (unpaired) electrons. The van der Waals surface area contributed by atoms with Gasteiger partial charge in [0.15, 0.2) is 0 Å². The Kier molecular flexibility index (Phi) is 4.14. The first-order valence-corrected chi connectivity index (χ1v) is 7.87. The maximum absolute atomic E-state index is 10.2. The average molecular weight is 282 g/mol. The normalized spacial score (nSPS) is 12.7. The summed E-state index contributed by atoms with van der Waals surface area (Å²) in [6, 6.07) is 19.0. The number of rotatable bonds is 5. The molecule has 1 heterocycles. The first-order valence-electron chi connectivity index (χ1n) is 6.99. The van der Waals surface area contributed by atoms with Gasteiger partial charge < -0.3 is 5.11 Å². The zero-order chi connectivity index (χ0) is 13.8. The van der Waals surface area contributed by atoms with Crippen LogP contribution in [0.1, 0.15) is 16.9 Å². The molecule has 0 aliphatic carbocycles. The Labute approximate surface area is 123 Å². The molecule has 0 aliphatic heterocycles. The van der Waals surface area contributed by atoms with E-state index in [0.29, 0.717) is 0 Å². The monoisotopic (exact) mass is 282 g/mol. The lowest BCUT2D eigenvalue weighted by atomic mass is 10.0. The molecule has 2 heteroatoms. The Morgan fingerprint density at radius 2 is 1.80 bits per heavy atom. The van der Waals surface area contributed by atoms with Gasteiger partial charge in [-0.2, -0.15) is 0 Å². The lowest BCUT2D eigenvalue weighted by Gasteiger charge is -2.10. The highest BCUT2D eigenvalue weighted by Gasteiger charge is 2.07. The highest BCUT2D eigenvalue weighted by atomic mass is 32.1. The van der Waals surface area contributed by atoms with Crippen molar-refractivity contribution in [3.8, 4) is 0 Å². The van der Waals surface area contributed by atoms with E-state index >= 15 is 0 Å². The average Bonchev–Trinajstić information content (AvgIpc) is 2.98. The standard InChI is InChI=1S/C18H18OS/c19-17(9-10-18-6-3-11-20-18)13-14-7-8-15-4-1-2-5-16(15)12-14/h1-8,11-12,17,19H,9-10,13H2. The molecular formula is C18H18OS. The first-order chi connectivity index (χ1) is 9.81. The molecule has 1 nitrogen and oxygen atoms in total. The summed E-state index contributed by atoms with van der Waals surface area (Å²) in [4.78, 5) is 1.35. The number of hydrogen-bond acceptors (Lipinski definition) is 2. The van der Waals surface area contributed by atoms with Gasteiger partial charge in [0.05, 0.1) is 6.10 Å². The Morgan fingerprint density at radius 1 is 0.950 bits per heavy atom. The number of benzene rings is 2. The van der Waals surface area contributed by atoms with Crippen LogP contribution < -0.4 is 0 Å². The quantitative estimate of drug-likeness (QED) is 0.733.